The van der Waals surface area contributed by atoms with Gasteiger partial charge in [-0.05, 0) is 49.8 Å². The van der Waals surface area contributed by atoms with Crippen molar-refractivity contribution in [2.24, 2.45) is 11.7 Å². The molecule has 6 heteroatoms. The van der Waals surface area contributed by atoms with Crippen molar-refractivity contribution in [3.63, 3.8) is 0 Å². The minimum Gasteiger partial charge on any atom is -0.388 e. The molecule has 0 radical (unpaired) electrons. The Labute approximate surface area is 154 Å². The van der Waals surface area contributed by atoms with Crippen LogP contribution in [0.2, 0.25) is 0 Å². The second-order valence-electron chi connectivity index (χ2n) is 8.38. The summed E-state index contributed by atoms with van der Waals surface area (Å²) in [4.78, 5) is 19.2. The molecule has 2 bridgehead atoms. The van der Waals surface area contributed by atoms with E-state index in [1.165, 1.54) is 0 Å². The lowest BCUT2D eigenvalue weighted by Crippen LogP contribution is -2.58. The van der Waals surface area contributed by atoms with Gasteiger partial charge in [0.2, 0.25) is 5.91 Å². The summed E-state index contributed by atoms with van der Waals surface area (Å²) in [6.45, 7) is 4.50. The van der Waals surface area contributed by atoms with E-state index in [4.69, 9.17) is 5.73 Å². The van der Waals surface area contributed by atoms with Gasteiger partial charge in [0, 0.05) is 24.5 Å². The highest BCUT2D eigenvalue weighted by molar-refractivity contribution is 5.83. The molecule has 4 rings (SSSR count). The molecule has 3 atom stereocenters. The van der Waals surface area contributed by atoms with Crippen LogP contribution in [0.1, 0.15) is 39.5 Å². The number of nitrogens with zero attached hydrogens (tertiary/aromatic N) is 3. The van der Waals surface area contributed by atoms with Crippen molar-refractivity contribution < 1.29 is 9.90 Å². The fourth-order valence-corrected chi connectivity index (χ4v) is 4.74. The van der Waals surface area contributed by atoms with Gasteiger partial charge in [0.1, 0.15) is 0 Å². The topological polar surface area (TPSA) is 84.4 Å². The maximum atomic E-state index is 12.8. The van der Waals surface area contributed by atoms with E-state index in [2.05, 4.69) is 9.55 Å². The summed E-state index contributed by atoms with van der Waals surface area (Å²) in [6.07, 6.45) is 6.91. The quantitative estimate of drug-likeness (QED) is 0.876. The Kier molecular flexibility index (Phi) is 4.28. The molecule has 2 aliphatic rings. The molecule has 26 heavy (non-hydrogen) atoms. The number of fused-ring (bicyclic) bond motifs is 3. The number of piperidine rings is 1. The zero-order chi connectivity index (χ0) is 18.5. The summed E-state index contributed by atoms with van der Waals surface area (Å²) in [5, 5.41) is 11.3. The van der Waals surface area contributed by atoms with Crippen LogP contribution in [0.5, 0.6) is 0 Å². The summed E-state index contributed by atoms with van der Waals surface area (Å²) in [5.41, 5.74) is 7.29. The number of pyridine rings is 1. The summed E-state index contributed by atoms with van der Waals surface area (Å²) < 4.78 is 2.08. The number of carbonyl (C=O) groups excluding carboxylic acids is 1. The Balaban J connectivity index is 1.53. The van der Waals surface area contributed by atoms with E-state index in [1.54, 1.807) is 6.20 Å². The second-order valence-corrected chi connectivity index (χ2v) is 8.38. The predicted octanol–water partition coefficient (Wildman–Crippen LogP) is 1.90. The Morgan fingerprint density at radius 1 is 1.35 bits per heavy atom. The van der Waals surface area contributed by atoms with Gasteiger partial charge in [-0.3, -0.25) is 9.78 Å². The van der Waals surface area contributed by atoms with Crippen LogP contribution in [0, 0.1) is 5.92 Å². The van der Waals surface area contributed by atoms with Crippen molar-refractivity contribution in [1.82, 2.24) is 14.5 Å². The Bertz CT molecular complexity index is 801. The van der Waals surface area contributed by atoms with E-state index in [-0.39, 0.29) is 23.9 Å². The standard InChI is InChI=1S/C20H28N4O2/c1-13(2)18(21)19(25)24-14-5-6-15(24)11-20(26,10-14)12-23-9-7-16-17(23)4-3-8-22-16/h3-4,7-9,13-15,18,26H,5-6,10-12,21H2,1-2H3. The molecule has 0 aliphatic carbocycles. The zero-order valence-corrected chi connectivity index (χ0v) is 15.5. The minimum atomic E-state index is -0.799. The van der Waals surface area contributed by atoms with Crippen LogP contribution in [-0.4, -0.2) is 49.2 Å². The molecular weight excluding hydrogens is 328 g/mol. The van der Waals surface area contributed by atoms with Gasteiger partial charge >= 0.3 is 0 Å². The molecule has 6 nitrogen and oxygen atoms in total. The molecule has 2 saturated heterocycles. The van der Waals surface area contributed by atoms with E-state index in [0.717, 1.165) is 23.9 Å². The number of nitrogens with two attached hydrogens (primary N) is 1. The number of aromatic nitrogens is 2. The van der Waals surface area contributed by atoms with E-state index >= 15 is 0 Å². The molecular formula is C20H28N4O2. The van der Waals surface area contributed by atoms with Gasteiger partial charge in [-0.2, -0.15) is 0 Å². The lowest BCUT2D eigenvalue weighted by molar-refractivity contribution is -0.144. The molecule has 0 saturated carbocycles. The fraction of sp³-hybridized carbons (Fsp3) is 0.600. The number of rotatable bonds is 4. The monoisotopic (exact) mass is 356 g/mol. The zero-order valence-electron chi connectivity index (χ0n) is 15.5. The van der Waals surface area contributed by atoms with Gasteiger partial charge in [-0.15, -0.1) is 0 Å². The maximum Gasteiger partial charge on any atom is 0.240 e. The first kappa shape index (κ1) is 17.5. The van der Waals surface area contributed by atoms with Gasteiger partial charge in [0.25, 0.3) is 0 Å². The van der Waals surface area contributed by atoms with Crippen molar-refractivity contribution in [3.8, 4) is 0 Å². The Hall–Kier alpha value is -1.92. The van der Waals surface area contributed by atoms with Crippen LogP contribution in [-0.2, 0) is 11.3 Å². The van der Waals surface area contributed by atoms with Gasteiger partial charge in [0.15, 0.2) is 0 Å². The van der Waals surface area contributed by atoms with Gasteiger partial charge in [-0.25, -0.2) is 0 Å². The first-order chi connectivity index (χ1) is 12.4. The number of hydrogen-bond acceptors (Lipinski definition) is 4. The summed E-state index contributed by atoms with van der Waals surface area (Å²) >= 11 is 0. The largest absolute Gasteiger partial charge is 0.388 e. The molecule has 4 heterocycles. The normalized spacial score (nSPS) is 29.5. The molecule has 3 unspecified atom stereocenters. The molecule has 2 aromatic heterocycles. The van der Waals surface area contributed by atoms with E-state index in [1.807, 2.05) is 43.1 Å². The number of hydrogen-bond donors (Lipinski definition) is 2. The van der Waals surface area contributed by atoms with E-state index in [0.29, 0.717) is 19.4 Å². The Morgan fingerprint density at radius 2 is 2.04 bits per heavy atom. The Morgan fingerprint density at radius 3 is 2.69 bits per heavy atom. The van der Waals surface area contributed by atoms with Crippen LogP contribution in [0.25, 0.3) is 11.0 Å². The van der Waals surface area contributed by atoms with E-state index < -0.39 is 11.6 Å². The minimum absolute atomic E-state index is 0.0464. The first-order valence-electron chi connectivity index (χ1n) is 9.58. The molecule has 0 aromatic carbocycles. The van der Waals surface area contributed by atoms with Crippen molar-refractivity contribution in [2.45, 2.75) is 69.8 Å². The number of aliphatic hydroxyl groups is 1. The number of carbonyl (C=O) groups is 1. The van der Waals surface area contributed by atoms with Crippen molar-refractivity contribution in [1.29, 1.82) is 0 Å². The molecule has 1 amide bonds. The van der Waals surface area contributed by atoms with Gasteiger partial charge in [0.05, 0.1) is 29.2 Å². The highest BCUT2D eigenvalue weighted by Crippen LogP contribution is 2.42. The third kappa shape index (κ3) is 2.91. The highest BCUT2D eigenvalue weighted by atomic mass is 16.3. The third-order valence-electron chi connectivity index (χ3n) is 6.11. The van der Waals surface area contributed by atoms with Gasteiger partial charge < -0.3 is 20.3 Å². The smallest absolute Gasteiger partial charge is 0.240 e. The van der Waals surface area contributed by atoms with Crippen LogP contribution in [0.15, 0.2) is 30.6 Å². The van der Waals surface area contributed by atoms with Crippen molar-refractivity contribution >= 4 is 16.9 Å². The number of amides is 1. The van der Waals surface area contributed by atoms with Crippen LogP contribution in [0.3, 0.4) is 0 Å². The van der Waals surface area contributed by atoms with E-state index in [9.17, 15) is 9.90 Å². The summed E-state index contributed by atoms with van der Waals surface area (Å²) in [7, 11) is 0. The SMILES string of the molecule is CC(C)C(N)C(=O)N1C2CCC1CC(O)(Cn1ccc3ncccc31)C2. The molecule has 3 N–H and O–H groups in total. The average molecular weight is 356 g/mol. The van der Waals surface area contributed by atoms with Crippen molar-refractivity contribution in [3.05, 3.63) is 30.6 Å². The molecule has 2 fully saturated rings. The lowest BCUT2D eigenvalue weighted by atomic mass is 9.85. The fourth-order valence-electron chi connectivity index (χ4n) is 4.74. The predicted molar refractivity (Wildman–Crippen MR) is 100 cm³/mol. The van der Waals surface area contributed by atoms with Crippen molar-refractivity contribution in [2.75, 3.05) is 0 Å². The second kappa shape index (κ2) is 6.35. The summed E-state index contributed by atoms with van der Waals surface area (Å²) in [5.74, 6) is 0.173. The summed E-state index contributed by atoms with van der Waals surface area (Å²) in [6, 6.07) is 5.66. The first-order valence-corrected chi connectivity index (χ1v) is 9.58. The average Bonchev–Trinajstić information content (AvgIpc) is 3.13. The van der Waals surface area contributed by atoms with Crippen LogP contribution >= 0.6 is 0 Å². The molecule has 140 valence electrons. The highest BCUT2D eigenvalue weighted by Gasteiger charge is 2.50. The lowest BCUT2D eigenvalue weighted by Gasteiger charge is -2.45. The molecule has 0 spiro atoms. The maximum absolute atomic E-state index is 12.8. The van der Waals surface area contributed by atoms with Crippen LogP contribution < -0.4 is 5.73 Å². The molecule has 2 aliphatic heterocycles. The third-order valence-corrected chi connectivity index (χ3v) is 6.11. The molecule has 2 aromatic rings. The van der Waals surface area contributed by atoms with Gasteiger partial charge in [-0.1, -0.05) is 13.8 Å². The van der Waals surface area contributed by atoms with Crippen LogP contribution in [0.4, 0.5) is 0 Å².